The minimum absolute atomic E-state index is 0.374. The van der Waals surface area contributed by atoms with Crippen LogP contribution in [0.15, 0.2) is 18.5 Å². The van der Waals surface area contributed by atoms with Crippen molar-refractivity contribution in [3.63, 3.8) is 0 Å². The summed E-state index contributed by atoms with van der Waals surface area (Å²) in [6.07, 6.45) is 3.68. The van der Waals surface area contributed by atoms with Gasteiger partial charge in [-0.15, -0.1) is 0 Å². The Bertz CT molecular complexity index is 541. The van der Waals surface area contributed by atoms with Crippen molar-refractivity contribution in [1.29, 1.82) is 0 Å². The molecule has 0 bridgehead atoms. The van der Waals surface area contributed by atoms with Crippen molar-refractivity contribution >= 4 is 11.7 Å². The molecule has 2 aromatic heterocycles. The number of carbonyl (C=O) groups excluding carboxylic acids is 1. The Hall–Kier alpha value is -2.31. The van der Waals surface area contributed by atoms with Gasteiger partial charge in [-0.3, -0.25) is 14.2 Å². The van der Waals surface area contributed by atoms with Gasteiger partial charge in [-0.1, -0.05) is 0 Å². The third-order valence-electron chi connectivity index (χ3n) is 2.36. The number of primary amides is 1. The molecule has 1 amide bonds. The van der Waals surface area contributed by atoms with Crippen LogP contribution in [0, 0.1) is 0 Å². The van der Waals surface area contributed by atoms with Gasteiger partial charge in [0.25, 0.3) is 5.91 Å². The predicted octanol–water partition coefficient (Wildman–Crippen LogP) is -0.135. The zero-order valence-corrected chi connectivity index (χ0v) is 9.71. The standard InChI is InChI=1S/C10H14N6O/c1-15-6-7(5-13-15)4-12-9-3-8(10(11)17)16(2)14-9/h3,5-6H,4H2,1-2H3,(H2,11,17)(H,12,14). The number of aryl methyl sites for hydroxylation is 2. The summed E-state index contributed by atoms with van der Waals surface area (Å²) >= 11 is 0. The molecule has 0 aliphatic heterocycles. The number of nitrogens with two attached hydrogens (primary N) is 1. The van der Waals surface area contributed by atoms with Crippen LogP contribution in [-0.4, -0.2) is 25.5 Å². The average Bonchev–Trinajstić information content (AvgIpc) is 2.82. The monoisotopic (exact) mass is 234 g/mol. The summed E-state index contributed by atoms with van der Waals surface area (Å²) < 4.78 is 3.18. The molecule has 17 heavy (non-hydrogen) atoms. The van der Waals surface area contributed by atoms with Crippen LogP contribution in [0.4, 0.5) is 5.82 Å². The van der Waals surface area contributed by atoms with Crippen molar-refractivity contribution in [2.24, 2.45) is 19.8 Å². The third kappa shape index (κ3) is 2.44. The van der Waals surface area contributed by atoms with Gasteiger partial charge in [0.1, 0.15) is 11.5 Å². The van der Waals surface area contributed by atoms with Crippen molar-refractivity contribution in [1.82, 2.24) is 19.6 Å². The first kappa shape index (κ1) is 11.2. The van der Waals surface area contributed by atoms with Gasteiger partial charge in [0.2, 0.25) is 0 Å². The summed E-state index contributed by atoms with van der Waals surface area (Å²) in [5.74, 6) is 0.125. The molecule has 7 heteroatoms. The molecule has 0 unspecified atom stereocenters. The van der Waals surface area contributed by atoms with Gasteiger partial charge in [-0.2, -0.15) is 10.2 Å². The maximum Gasteiger partial charge on any atom is 0.267 e. The van der Waals surface area contributed by atoms with Crippen LogP contribution in [0.25, 0.3) is 0 Å². The van der Waals surface area contributed by atoms with Crippen molar-refractivity contribution in [3.05, 3.63) is 29.7 Å². The SMILES string of the molecule is Cn1cc(CNc2cc(C(N)=O)n(C)n2)cn1. The number of hydrogen-bond acceptors (Lipinski definition) is 4. The van der Waals surface area contributed by atoms with Crippen LogP contribution >= 0.6 is 0 Å². The number of hydrogen-bond donors (Lipinski definition) is 2. The average molecular weight is 234 g/mol. The van der Waals surface area contributed by atoms with E-state index < -0.39 is 5.91 Å². The van der Waals surface area contributed by atoms with Crippen LogP contribution < -0.4 is 11.1 Å². The largest absolute Gasteiger partial charge is 0.364 e. The van der Waals surface area contributed by atoms with Gasteiger partial charge < -0.3 is 11.1 Å². The van der Waals surface area contributed by atoms with Gasteiger partial charge in [-0.25, -0.2) is 0 Å². The predicted molar refractivity (Wildman–Crippen MR) is 62.3 cm³/mol. The van der Waals surface area contributed by atoms with E-state index in [9.17, 15) is 4.79 Å². The van der Waals surface area contributed by atoms with Crippen LogP contribution in [0.3, 0.4) is 0 Å². The molecule has 0 spiro atoms. The molecule has 0 aliphatic rings. The summed E-state index contributed by atoms with van der Waals surface area (Å²) in [5.41, 5.74) is 6.61. The highest BCUT2D eigenvalue weighted by Crippen LogP contribution is 2.09. The fraction of sp³-hybridized carbons (Fsp3) is 0.300. The van der Waals surface area contributed by atoms with E-state index >= 15 is 0 Å². The Kier molecular flexibility index (Phi) is 2.82. The second-order valence-corrected chi connectivity index (χ2v) is 3.78. The summed E-state index contributed by atoms with van der Waals surface area (Å²) in [7, 11) is 3.53. The number of anilines is 1. The molecular weight excluding hydrogens is 220 g/mol. The van der Waals surface area contributed by atoms with Gasteiger partial charge >= 0.3 is 0 Å². The molecule has 0 aliphatic carbocycles. The molecule has 0 aromatic carbocycles. The highest BCUT2D eigenvalue weighted by Gasteiger charge is 2.09. The van der Waals surface area contributed by atoms with Crippen LogP contribution in [-0.2, 0) is 20.6 Å². The van der Waals surface area contributed by atoms with Gasteiger partial charge in [-0.05, 0) is 0 Å². The molecule has 90 valence electrons. The van der Waals surface area contributed by atoms with E-state index in [1.807, 2.05) is 13.2 Å². The van der Waals surface area contributed by atoms with Crippen LogP contribution in [0.1, 0.15) is 16.1 Å². The summed E-state index contributed by atoms with van der Waals surface area (Å²) in [6, 6.07) is 1.62. The lowest BCUT2D eigenvalue weighted by Gasteiger charge is -1.98. The Labute approximate surface area is 98.2 Å². The maximum atomic E-state index is 11.0. The first-order valence-corrected chi connectivity index (χ1v) is 5.11. The molecule has 0 saturated heterocycles. The Morgan fingerprint density at radius 2 is 2.29 bits per heavy atom. The Balaban J connectivity index is 2.04. The van der Waals surface area contributed by atoms with Crippen molar-refractivity contribution < 1.29 is 4.79 Å². The molecule has 2 heterocycles. The highest BCUT2D eigenvalue weighted by atomic mass is 16.1. The summed E-state index contributed by atoms with van der Waals surface area (Å²) in [5, 5.41) is 11.3. The number of carbonyl (C=O) groups is 1. The number of rotatable bonds is 4. The minimum Gasteiger partial charge on any atom is -0.364 e. The van der Waals surface area contributed by atoms with Crippen molar-refractivity contribution in [3.8, 4) is 0 Å². The second-order valence-electron chi connectivity index (χ2n) is 3.78. The Morgan fingerprint density at radius 1 is 1.53 bits per heavy atom. The van der Waals surface area contributed by atoms with Gasteiger partial charge in [0.15, 0.2) is 0 Å². The molecule has 2 rings (SSSR count). The van der Waals surface area contributed by atoms with Crippen molar-refractivity contribution in [2.45, 2.75) is 6.54 Å². The number of nitrogens with zero attached hydrogens (tertiary/aromatic N) is 4. The Morgan fingerprint density at radius 3 is 2.82 bits per heavy atom. The molecule has 0 atom stereocenters. The number of aromatic nitrogens is 4. The zero-order chi connectivity index (χ0) is 12.4. The topological polar surface area (TPSA) is 90.8 Å². The fourth-order valence-electron chi connectivity index (χ4n) is 1.54. The number of nitrogens with one attached hydrogen (secondary N) is 1. The smallest absolute Gasteiger partial charge is 0.267 e. The molecule has 7 nitrogen and oxygen atoms in total. The normalized spacial score (nSPS) is 10.5. The van der Waals surface area contributed by atoms with E-state index in [-0.39, 0.29) is 0 Å². The third-order valence-corrected chi connectivity index (χ3v) is 2.36. The van der Waals surface area contributed by atoms with E-state index in [1.165, 1.54) is 4.68 Å². The lowest BCUT2D eigenvalue weighted by atomic mass is 10.3. The first-order valence-electron chi connectivity index (χ1n) is 5.11. The summed E-state index contributed by atoms with van der Waals surface area (Å²) in [6.45, 7) is 0.600. The maximum absolute atomic E-state index is 11.0. The van der Waals surface area contributed by atoms with Gasteiger partial charge in [0.05, 0.1) is 6.20 Å². The van der Waals surface area contributed by atoms with E-state index in [1.54, 1.807) is 24.0 Å². The zero-order valence-electron chi connectivity index (χ0n) is 9.71. The van der Waals surface area contributed by atoms with Crippen molar-refractivity contribution in [2.75, 3.05) is 5.32 Å². The second kappa shape index (κ2) is 4.28. The first-order chi connectivity index (χ1) is 8.06. The summed E-state index contributed by atoms with van der Waals surface area (Å²) in [4.78, 5) is 11.0. The highest BCUT2D eigenvalue weighted by molar-refractivity contribution is 5.91. The van der Waals surface area contributed by atoms with Gasteiger partial charge in [0, 0.05) is 38.5 Å². The van der Waals surface area contributed by atoms with E-state index in [0.29, 0.717) is 18.1 Å². The van der Waals surface area contributed by atoms with E-state index in [2.05, 4.69) is 15.5 Å². The van der Waals surface area contributed by atoms with Crippen LogP contribution in [0.2, 0.25) is 0 Å². The lowest BCUT2D eigenvalue weighted by molar-refractivity contribution is 0.0991. The molecule has 0 fully saturated rings. The molecule has 0 radical (unpaired) electrons. The molecule has 3 N–H and O–H groups in total. The minimum atomic E-state index is -0.491. The molecule has 2 aromatic rings. The molecule has 0 saturated carbocycles. The quantitative estimate of drug-likeness (QED) is 0.770. The van der Waals surface area contributed by atoms with Crippen LogP contribution in [0.5, 0.6) is 0 Å². The van der Waals surface area contributed by atoms with E-state index in [4.69, 9.17) is 5.73 Å². The fourth-order valence-corrected chi connectivity index (χ4v) is 1.54. The van der Waals surface area contributed by atoms with E-state index in [0.717, 1.165) is 5.56 Å². The molecular formula is C10H14N6O. The number of amides is 1. The lowest BCUT2D eigenvalue weighted by Crippen LogP contribution is -2.15.